The number of rotatable bonds is 7. The van der Waals surface area contributed by atoms with Gasteiger partial charge in [-0.25, -0.2) is 4.79 Å². The predicted octanol–water partition coefficient (Wildman–Crippen LogP) is 7.13. The molecule has 172 valence electrons. The normalized spacial score (nSPS) is 11.7. The molecule has 0 aromatic heterocycles. The summed E-state index contributed by atoms with van der Waals surface area (Å²) < 4.78 is 10.8. The van der Waals surface area contributed by atoms with E-state index in [2.05, 4.69) is 32.6 Å². The molecule has 0 saturated carbocycles. The van der Waals surface area contributed by atoms with Gasteiger partial charge in [-0.15, -0.1) is 0 Å². The van der Waals surface area contributed by atoms with E-state index in [1.54, 1.807) is 19.3 Å². The first-order valence-electron chi connectivity index (χ1n) is 10.6. The number of esters is 1. The van der Waals surface area contributed by atoms with Crippen LogP contribution in [0.4, 0.5) is 0 Å². The monoisotopic (exact) mass is 436 g/mol. The van der Waals surface area contributed by atoms with Crippen LogP contribution in [0, 0.1) is 0 Å². The van der Waals surface area contributed by atoms with Gasteiger partial charge in [-0.3, -0.25) is 0 Å². The van der Waals surface area contributed by atoms with Crippen LogP contribution in [0.3, 0.4) is 0 Å². The van der Waals surface area contributed by atoms with Crippen LogP contribution in [-0.4, -0.2) is 22.3 Å². The maximum absolute atomic E-state index is 10.8. The fourth-order valence-electron chi connectivity index (χ4n) is 2.59. The number of carbonyl (C=O) groups excluding carboxylic acids is 1. The van der Waals surface area contributed by atoms with Crippen LogP contribution in [0.15, 0.2) is 79.3 Å². The molecule has 0 spiro atoms. The molecule has 0 fully saturated rings. The second-order valence-corrected chi connectivity index (χ2v) is 9.11. The second kappa shape index (κ2) is 12.6. The van der Waals surface area contributed by atoms with E-state index < -0.39 is 5.60 Å². The molecular formula is C28H36O4. The number of aliphatic hydroxyl groups is 1. The Hall–Kier alpha value is -3.27. The van der Waals surface area contributed by atoms with Crippen molar-refractivity contribution in [3.8, 4) is 0 Å². The van der Waals surface area contributed by atoms with Crippen molar-refractivity contribution in [1.29, 1.82) is 0 Å². The number of hydrogen-bond donors (Lipinski definition) is 1. The average Bonchev–Trinajstić information content (AvgIpc) is 2.69. The highest BCUT2D eigenvalue weighted by atomic mass is 16.6. The molecule has 0 aliphatic carbocycles. The zero-order chi connectivity index (χ0) is 24.2. The van der Waals surface area contributed by atoms with E-state index in [4.69, 9.17) is 14.6 Å². The van der Waals surface area contributed by atoms with Crippen LogP contribution < -0.4 is 0 Å². The van der Waals surface area contributed by atoms with Gasteiger partial charge in [0.1, 0.15) is 11.2 Å². The number of hydrogen-bond acceptors (Lipinski definition) is 4. The lowest BCUT2D eigenvalue weighted by Crippen LogP contribution is -2.24. The summed E-state index contributed by atoms with van der Waals surface area (Å²) in [5, 5.41) is 8.76. The number of aliphatic hydroxyl groups excluding tert-OH is 1. The van der Waals surface area contributed by atoms with Crippen LogP contribution in [-0.2, 0) is 20.7 Å². The molecule has 2 aromatic carbocycles. The quantitative estimate of drug-likeness (QED) is 0.285. The summed E-state index contributed by atoms with van der Waals surface area (Å²) in [6.45, 7) is 14.7. The maximum atomic E-state index is 10.8. The topological polar surface area (TPSA) is 55.8 Å². The van der Waals surface area contributed by atoms with Crippen LogP contribution in [0.1, 0.15) is 58.2 Å². The highest BCUT2D eigenvalue weighted by Gasteiger charge is 2.18. The Labute approximate surface area is 192 Å². The van der Waals surface area contributed by atoms with Gasteiger partial charge in [0.25, 0.3) is 0 Å². The van der Waals surface area contributed by atoms with E-state index in [1.165, 1.54) is 5.56 Å². The lowest BCUT2D eigenvalue weighted by atomic mass is 9.97. The van der Waals surface area contributed by atoms with E-state index in [1.807, 2.05) is 69.3 Å². The van der Waals surface area contributed by atoms with Crippen molar-refractivity contribution in [1.82, 2.24) is 0 Å². The molecular weight excluding hydrogens is 400 g/mol. The van der Waals surface area contributed by atoms with E-state index in [9.17, 15) is 4.79 Å². The fraction of sp³-hybridized carbons (Fsp3) is 0.321. The van der Waals surface area contributed by atoms with E-state index in [0.29, 0.717) is 5.57 Å². The van der Waals surface area contributed by atoms with Crippen molar-refractivity contribution < 1.29 is 19.4 Å². The van der Waals surface area contributed by atoms with Crippen molar-refractivity contribution in [3.05, 3.63) is 96.0 Å². The minimum atomic E-state index is -0.407. The zero-order valence-electron chi connectivity index (χ0n) is 20.1. The van der Waals surface area contributed by atoms with Gasteiger partial charge in [0.05, 0.1) is 12.5 Å². The average molecular weight is 437 g/mol. The van der Waals surface area contributed by atoms with Gasteiger partial charge >= 0.3 is 5.97 Å². The van der Waals surface area contributed by atoms with E-state index in [-0.39, 0.29) is 11.6 Å². The standard InChI is InChI=1S/C20H22O2.C8H14O2/c1-20(2,22-15-13-17-6-4-3-5-7-17)16-19-10-8-18(9-11-19)12-14-21;1-6(2)7(9)10-8(3,4)5/h3-15,21H,16H2,1-2H3;1H2,2-5H3. The molecule has 4 nitrogen and oxygen atoms in total. The smallest absolute Gasteiger partial charge is 0.333 e. The zero-order valence-corrected chi connectivity index (χ0v) is 20.1. The fourth-order valence-corrected chi connectivity index (χ4v) is 2.59. The van der Waals surface area contributed by atoms with Gasteiger partial charge in [-0.1, -0.05) is 61.2 Å². The molecule has 2 aromatic rings. The number of benzene rings is 2. The SMILES string of the molecule is C=C(C)C(=O)OC(C)(C)C.CC(C)(Cc1ccc(C=CO)cc1)OC=Cc1ccccc1. The highest BCUT2D eigenvalue weighted by Crippen LogP contribution is 2.19. The Kier molecular flexibility index (Phi) is 10.5. The largest absolute Gasteiger partial charge is 0.516 e. The predicted molar refractivity (Wildman–Crippen MR) is 133 cm³/mol. The minimum Gasteiger partial charge on any atom is -0.516 e. The molecule has 0 aliphatic heterocycles. The first-order valence-corrected chi connectivity index (χ1v) is 10.6. The summed E-state index contributed by atoms with van der Waals surface area (Å²) in [5.74, 6) is -0.326. The molecule has 0 bridgehead atoms. The van der Waals surface area contributed by atoms with Crippen molar-refractivity contribution in [3.63, 3.8) is 0 Å². The third-order valence-corrected chi connectivity index (χ3v) is 4.07. The Balaban J connectivity index is 0.000000433. The maximum Gasteiger partial charge on any atom is 0.333 e. The minimum absolute atomic E-state index is 0.278. The summed E-state index contributed by atoms with van der Waals surface area (Å²) in [4.78, 5) is 10.8. The molecule has 0 amide bonds. The lowest BCUT2D eigenvalue weighted by molar-refractivity contribution is -0.149. The van der Waals surface area contributed by atoms with Gasteiger partial charge in [-0.05, 0) is 70.4 Å². The first kappa shape index (κ1) is 26.8. The summed E-state index contributed by atoms with van der Waals surface area (Å²) >= 11 is 0. The van der Waals surface area contributed by atoms with Gasteiger partial charge < -0.3 is 14.6 Å². The molecule has 0 atom stereocenters. The van der Waals surface area contributed by atoms with Crippen molar-refractivity contribution >= 4 is 18.1 Å². The summed E-state index contributed by atoms with van der Waals surface area (Å²) in [6, 6.07) is 18.2. The summed E-state index contributed by atoms with van der Waals surface area (Å²) in [6.07, 6.45) is 7.26. The molecule has 0 radical (unpaired) electrons. The number of ether oxygens (including phenoxy) is 2. The molecule has 0 heterocycles. The van der Waals surface area contributed by atoms with Gasteiger partial charge in [0.15, 0.2) is 0 Å². The van der Waals surface area contributed by atoms with E-state index >= 15 is 0 Å². The Morgan fingerprint density at radius 2 is 1.50 bits per heavy atom. The van der Waals surface area contributed by atoms with Gasteiger partial charge in [-0.2, -0.15) is 0 Å². The Morgan fingerprint density at radius 3 is 1.97 bits per heavy atom. The van der Waals surface area contributed by atoms with Gasteiger partial charge in [0.2, 0.25) is 0 Å². The van der Waals surface area contributed by atoms with Crippen molar-refractivity contribution in [2.45, 2.75) is 59.2 Å². The molecule has 4 heteroatoms. The highest BCUT2D eigenvalue weighted by molar-refractivity contribution is 5.87. The molecule has 0 unspecified atom stereocenters. The molecule has 2 rings (SSSR count). The van der Waals surface area contributed by atoms with Crippen molar-refractivity contribution in [2.24, 2.45) is 0 Å². The summed E-state index contributed by atoms with van der Waals surface area (Å²) in [7, 11) is 0. The van der Waals surface area contributed by atoms with E-state index in [0.717, 1.165) is 23.8 Å². The van der Waals surface area contributed by atoms with Crippen LogP contribution in [0.2, 0.25) is 0 Å². The molecule has 32 heavy (non-hydrogen) atoms. The van der Waals surface area contributed by atoms with Crippen molar-refractivity contribution in [2.75, 3.05) is 0 Å². The first-order chi connectivity index (χ1) is 14.9. The third-order valence-electron chi connectivity index (χ3n) is 4.07. The molecule has 0 aliphatic rings. The molecule has 1 N–H and O–H groups in total. The van der Waals surface area contributed by atoms with Crippen LogP contribution in [0.25, 0.3) is 12.2 Å². The summed E-state index contributed by atoms with van der Waals surface area (Å²) in [5.41, 5.74) is 3.06. The number of carbonyl (C=O) groups is 1. The van der Waals surface area contributed by atoms with Crippen LogP contribution >= 0.6 is 0 Å². The second-order valence-electron chi connectivity index (χ2n) is 9.11. The van der Waals surface area contributed by atoms with Gasteiger partial charge in [0, 0.05) is 12.0 Å². The third kappa shape index (κ3) is 11.8. The lowest BCUT2D eigenvalue weighted by Gasteiger charge is -2.24. The Morgan fingerprint density at radius 1 is 0.938 bits per heavy atom. The molecule has 0 saturated heterocycles. The van der Waals surface area contributed by atoms with Crippen LogP contribution in [0.5, 0.6) is 0 Å². The Bertz CT molecular complexity index is 899.